The number of rotatable bonds is 3. The van der Waals surface area contributed by atoms with Crippen LogP contribution in [-0.2, 0) is 4.79 Å². The van der Waals surface area contributed by atoms with Crippen molar-refractivity contribution in [2.24, 2.45) is 0 Å². The molecule has 1 aliphatic rings. The highest BCUT2D eigenvalue weighted by molar-refractivity contribution is 5.68. The van der Waals surface area contributed by atoms with Gasteiger partial charge in [-0.2, -0.15) is 5.26 Å². The molecule has 1 aromatic rings. The van der Waals surface area contributed by atoms with Gasteiger partial charge in [0.15, 0.2) is 0 Å². The summed E-state index contributed by atoms with van der Waals surface area (Å²) in [4.78, 5) is 21.1. The third-order valence-corrected chi connectivity index (χ3v) is 3.00. The van der Waals surface area contributed by atoms with E-state index in [-0.39, 0.29) is 12.5 Å². The highest BCUT2D eigenvalue weighted by Gasteiger charge is 2.28. The molecule has 2 rings (SSSR count). The van der Waals surface area contributed by atoms with Crippen molar-refractivity contribution in [1.29, 1.82) is 5.26 Å². The molecule has 0 bridgehead atoms. The van der Waals surface area contributed by atoms with Gasteiger partial charge < -0.3 is 10.0 Å². The van der Waals surface area contributed by atoms with Gasteiger partial charge in [0.25, 0.3) is 0 Å². The van der Waals surface area contributed by atoms with E-state index in [1.807, 2.05) is 11.0 Å². The lowest BCUT2D eigenvalue weighted by molar-refractivity contribution is -0.137. The van der Waals surface area contributed by atoms with E-state index in [0.717, 1.165) is 25.1 Å². The first-order valence-electron chi connectivity index (χ1n) is 5.84. The van der Waals surface area contributed by atoms with Gasteiger partial charge in [-0.05, 0) is 25.8 Å². The van der Waals surface area contributed by atoms with Gasteiger partial charge >= 0.3 is 5.97 Å². The van der Waals surface area contributed by atoms with Crippen molar-refractivity contribution in [3.8, 4) is 6.07 Å². The van der Waals surface area contributed by atoms with Gasteiger partial charge in [-0.3, -0.25) is 4.79 Å². The van der Waals surface area contributed by atoms with Crippen molar-refractivity contribution in [1.82, 2.24) is 9.97 Å². The second-order valence-electron chi connectivity index (χ2n) is 4.39. The third kappa shape index (κ3) is 2.56. The number of aryl methyl sites for hydroxylation is 1. The quantitative estimate of drug-likeness (QED) is 0.858. The Morgan fingerprint density at radius 3 is 3.11 bits per heavy atom. The van der Waals surface area contributed by atoms with Crippen LogP contribution in [0.15, 0.2) is 6.07 Å². The van der Waals surface area contributed by atoms with Crippen molar-refractivity contribution in [2.75, 3.05) is 11.4 Å². The zero-order chi connectivity index (χ0) is 13.1. The van der Waals surface area contributed by atoms with Crippen molar-refractivity contribution in [3.63, 3.8) is 0 Å². The molecule has 0 radical (unpaired) electrons. The minimum atomic E-state index is -0.819. The van der Waals surface area contributed by atoms with Gasteiger partial charge in [-0.1, -0.05) is 0 Å². The Hall–Kier alpha value is -2.16. The molecule has 1 aliphatic heterocycles. The lowest BCUT2D eigenvalue weighted by Gasteiger charge is -2.23. The second kappa shape index (κ2) is 5.00. The molecule has 2 heterocycles. The number of nitriles is 1. The number of carboxylic acid groups (broad SMARTS) is 1. The molecule has 1 N–H and O–H groups in total. The fraction of sp³-hybridized carbons (Fsp3) is 0.500. The number of carbonyl (C=O) groups is 1. The van der Waals surface area contributed by atoms with Crippen LogP contribution in [0.1, 0.15) is 30.7 Å². The summed E-state index contributed by atoms with van der Waals surface area (Å²) in [5.41, 5.74) is 1.04. The van der Waals surface area contributed by atoms with E-state index in [0.29, 0.717) is 11.6 Å². The lowest BCUT2D eigenvalue weighted by Crippen LogP contribution is -2.32. The average molecular weight is 246 g/mol. The molecule has 6 heteroatoms. The van der Waals surface area contributed by atoms with E-state index in [2.05, 4.69) is 9.97 Å². The molecule has 6 nitrogen and oxygen atoms in total. The minimum absolute atomic E-state index is 0.0733. The number of hydrogen-bond donors (Lipinski definition) is 1. The maximum Gasteiger partial charge on any atom is 0.305 e. The molecule has 1 aromatic heterocycles. The summed E-state index contributed by atoms with van der Waals surface area (Å²) in [5.74, 6) is -0.352. The zero-order valence-corrected chi connectivity index (χ0v) is 10.1. The minimum Gasteiger partial charge on any atom is -0.481 e. The first-order chi connectivity index (χ1) is 8.60. The molecule has 1 saturated heterocycles. The SMILES string of the molecule is Cc1cc(C#N)nc(N2CCCC2CC(=O)O)n1. The van der Waals surface area contributed by atoms with Crippen LogP contribution in [-0.4, -0.2) is 33.6 Å². The summed E-state index contributed by atoms with van der Waals surface area (Å²) in [6.45, 7) is 2.54. The topological polar surface area (TPSA) is 90.1 Å². The van der Waals surface area contributed by atoms with E-state index in [1.54, 1.807) is 13.0 Å². The summed E-state index contributed by atoms with van der Waals surface area (Å²) < 4.78 is 0. The molecule has 1 atom stereocenters. The molecule has 0 aliphatic carbocycles. The Balaban J connectivity index is 2.27. The van der Waals surface area contributed by atoms with E-state index < -0.39 is 5.97 Å². The summed E-state index contributed by atoms with van der Waals surface area (Å²) in [5, 5.41) is 17.8. The summed E-state index contributed by atoms with van der Waals surface area (Å²) in [6.07, 6.45) is 1.84. The maximum absolute atomic E-state index is 10.8. The molecule has 1 unspecified atom stereocenters. The Morgan fingerprint density at radius 1 is 1.67 bits per heavy atom. The molecule has 0 saturated carbocycles. The molecule has 18 heavy (non-hydrogen) atoms. The first-order valence-corrected chi connectivity index (χ1v) is 5.84. The maximum atomic E-state index is 10.8. The Morgan fingerprint density at radius 2 is 2.44 bits per heavy atom. The fourth-order valence-corrected chi connectivity index (χ4v) is 2.25. The molecular weight excluding hydrogens is 232 g/mol. The van der Waals surface area contributed by atoms with Gasteiger partial charge in [-0.25, -0.2) is 9.97 Å². The normalized spacial score (nSPS) is 18.7. The van der Waals surface area contributed by atoms with Crippen molar-refractivity contribution in [3.05, 3.63) is 17.5 Å². The number of anilines is 1. The highest BCUT2D eigenvalue weighted by Crippen LogP contribution is 2.24. The van der Waals surface area contributed by atoms with Crippen LogP contribution in [0.2, 0.25) is 0 Å². The van der Waals surface area contributed by atoms with Crippen molar-refractivity contribution < 1.29 is 9.90 Å². The molecule has 0 spiro atoms. The fourth-order valence-electron chi connectivity index (χ4n) is 2.25. The van der Waals surface area contributed by atoms with Crippen LogP contribution in [0.5, 0.6) is 0 Å². The number of carboxylic acids is 1. The zero-order valence-electron chi connectivity index (χ0n) is 10.1. The number of aromatic nitrogens is 2. The van der Waals surface area contributed by atoms with Crippen LogP contribution in [0.4, 0.5) is 5.95 Å². The first kappa shape index (κ1) is 12.3. The average Bonchev–Trinajstić information content (AvgIpc) is 2.75. The molecule has 94 valence electrons. The lowest BCUT2D eigenvalue weighted by atomic mass is 10.1. The molecular formula is C12H14N4O2. The predicted molar refractivity (Wildman–Crippen MR) is 64.1 cm³/mol. The van der Waals surface area contributed by atoms with Gasteiger partial charge in [0, 0.05) is 18.3 Å². The van der Waals surface area contributed by atoms with Crippen LogP contribution in [0.3, 0.4) is 0 Å². The van der Waals surface area contributed by atoms with E-state index in [4.69, 9.17) is 10.4 Å². The largest absolute Gasteiger partial charge is 0.481 e. The third-order valence-electron chi connectivity index (χ3n) is 3.00. The van der Waals surface area contributed by atoms with Crippen LogP contribution < -0.4 is 4.90 Å². The molecule has 0 amide bonds. The van der Waals surface area contributed by atoms with E-state index in [1.165, 1.54) is 0 Å². The van der Waals surface area contributed by atoms with Gasteiger partial charge in [0.1, 0.15) is 11.8 Å². The van der Waals surface area contributed by atoms with Gasteiger partial charge in [-0.15, -0.1) is 0 Å². The van der Waals surface area contributed by atoms with E-state index >= 15 is 0 Å². The van der Waals surface area contributed by atoms with Crippen LogP contribution in [0, 0.1) is 18.3 Å². The smallest absolute Gasteiger partial charge is 0.305 e. The Labute approximate surface area is 105 Å². The highest BCUT2D eigenvalue weighted by atomic mass is 16.4. The van der Waals surface area contributed by atoms with Crippen molar-refractivity contribution in [2.45, 2.75) is 32.2 Å². The summed E-state index contributed by atoms with van der Waals surface area (Å²) in [6, 6.07) is 3.54. The second-order valence-corrected chi connectivity index (χ2v) is 4.39. The molecule has 1 fully saturated rings. The van der Waals surface area contributed by atoms with Crippen LogP contribution in [0.25, 0.3) is 0 Å². The predicted octanol–water partition coefficient (Wildman–Crippen LogP) is 1.10. The summed E-state index contributed by atoms with van der Waals surface area (Å²) >= 11 is 0. The monoisotopic (exact) mass is 246 g/mol. The van der Waals surface area contributed by atoms with Crippen LogP contribution >= 0.6 is 0 Å². The van der Waals surface area contributed by atoms with Crippen molar-refractivity contribution >= 4 is 11.9 Å². The Bertz CT molecular complexity index is 509. The Kier molecular flexibility index (Phi) is 3.42. The molecule has 0 aromatic carbocycles. The van der Waals surface area contributed by atoms with Gasteiger partial charge in [0.2, 0.25) is 5.95 Å². The van der Waals surface area contributed by atoms with Gasteiger partial charge in [0.05, 0.1) is 6.42 Å². The number of hydrogen-bond acceptors (Lipinski definition) is 5. The standard InChI is InChI=1S/C12H14N4O2/c1-8-5-9(7-13)15-12(14-8)16-4-2-3-10(16)6-11(17)18/h5,10H,2-4,6H2,1H3,(H,17,18). The number of aliphatic carboxylic acids is 1. The summed E-state index contributed by atoms with van der Waals surface area (Å²) in [7, 11) is 0. The number of nitrogens with zero attached hydrogens (tertiary/aromatic N) is 4. The van der Waals surface area contributed by atoms with E-state index in [9.17, 15) is 4.79 Å².